The van der Waals surface area contributed by atoms with E-state index in [0.29, 0.717) is 11.6 Å². The van der Waals surface area contributed by atoms with Gasteiger partial charge in [0.15, 0.2) is 0 Å². The minimum Gasteiger partial charge on any atom is -0.381 e. The second kappa shape index (κ2) is 7.53. The van der Waals surface area contributed by atoms with Gasteiger partial charge in [0, 0.05) is 23.2 Å². The average molecular weight is 418 g/mol. The van der Waals surface area contributed by atoms with Gasteiger partial charge in [-0.2, -0.15) is 5.10 Å². The molecule has 1 aromatic heterocycles. The maximum absolute atomic E-state index is 14.7. The molecule has 2 aromatic carbocycles. The van der Waals surface area contributed by atoms with E-state index in [0.717, 1.165) is 23.4 Å². The van der Waals surface area contributed by atoms with E-state index in [1.165, 1.54) is 23.4 Å². The van der Waals surface area contributed by atoms with Crippen LogP contribution in [0, 0.1) is 11.6 Å². The minimum atomic E-state index is -1.73. The van der Waals surface area contributed by atoms with E-state index in [2.05, 4.69) is 15.1 Å². The van der Waals surface area contributed by atoms with Crippen molar-refractivity contribution in [1.82, 2.24) is 19.7 Å². The van der Waals surface area contributed by atoms with Crippen molar-refractivity contribution < 1.29 is 13.9 Å². The highest BCUT2D eigenvalue weighted by molar-refractivity contribution is 6.30. The van der Waals surface area contributed by atoms with E-state index in [1.54, 1.807) is 30.3 Å². The Balaban J connectivity index is 1.72. The second-order valence-electron chi connectivity index (χ2n) is 7.01. The summed E-state index contributed by atoms with van der Waals surface area (Å²) in [5.74, 6) is -1.55. The van der Waals surface area contributed by atoms with Crippen LogP contribution >= 0.6 is 11.6 Å². The van der Waals surface area contributed by atoms with Crippen molar-refractivity contribution in [2.75, 3.05) is 0 Å². The molecule has 0 aliphatic carbocycles. The fourth-order valence-electron chi connectivity index (χ4n) is 3.52. The van der Waals surface area contributed by atoms with Gasteiger partial charge in [-0.1, -0.05) is 23.7 Å². The Hall–Kier alpha value is -2.84. The van der Waals surface area contributed by atoms with Crippen LogP contribution in [0.3, 0.4) is 0 Å². The lowest BCUT2D eigenvalue weighted by atomic mass is 9.85. The van der Waals surface area contributed by atoms with Crippen LogP contribution in [0.25, 0.3) is 0 Å². The lowest BCUT2D eigenvalue weighted by Gasteiger charge is -2.41. The number of hydrogen-bond acceptors (Lipinski definition) is 5. The Kier molecular flexibility index (Phi) is 5.06. The molecule has 0 bridgehead atoms. The summed E-state index contributed by atoms with van der Waals surface area (Å²) in [6, 6.07) is 7.91. The summed E-state index contributed by atoms with van der Waals surface area (Å²) in [5.41, 5.74) is -0.0982. The van der Waals surface area contributed by atoms with Crippen LogP contribution in [0.1, 0.15) is 18.1 Å². The molecule has 0 fully saturated rings. The van der Waals surface area contributed by atoms with Crippen LogP contribution in [-0.2, 0) is 18.7 Å². The molecule has 2 heterocycles. The Bertz CT molecular complexity index is 1060. The predicted molar refractivity (Wildman–Crippen MR) is 105 cm³/mol. The minimum absolute atomic E-state index is 0.0304. The topological polar surface area (TPSA) is 66.5 Å². The Morgan fingerprint density at radius 1 is 1.24 bits per heavy atom. The molecule has 4 rings (SSSR count). The lowest BCUT2D eigenvalue weighted by molar-refractivity contribution is -0.0467. The van der Waals surface area contributed by atoms with Gasteiger partial charge in [-0.3, -0.25) is 0 Å². The van der Waals surface area contributed by atoms with E-state index in [-0.39, 0.29) is 12.1 Å². The zero-order valence-corrected chi connectivity index (χ0v) is 16.3. The van der Waals surface area contributed by atoms with Gasteiger partial charge in [0.2, 0.25) is 0 Å². The fourth-order valence-corrected chi connectivity index (χ4v) is 3.69. The van der Waals surface area contributed by atoms with Gasteiger partial charge < -0.3 is 10.0 Å². The standard InChI is InChI=1S/C20H18ClF2N5O/c1-13(27-8-14-2-3-15(21)6-19(14)25-12-27)20(29,9-28-11-24-10-26-28)17-5-4-16(22)7-18(17)23/h2-7,10-13,29H,8-9H2,1H3/t13-,20-/m1/s1. The monoisotopic (exact) mass is 417 g/mol. The van der Waals surface area contributed by atoms with E-state index in [4.69, 9.17) is 11.6 Å². The van der Waals surface area contributed by atoms with Crippen LogP contribution in [0.2, 0.25) is 5.02 Å². The molecule has 0 saturated carbocycles. The highest BCUT2D eigenvalue weighted by atomic mass is 35.5. The molecule has 150 valence electrons. The van der Waals surface area contributed by atoms with Crippen LogP contribution < -0.4 is 0 Å². The Morgan fingerprint density at radius 2 is 2.07 bits per heavy atom. The van der Waals surface area contributed by atoms with E-state index in [9.17, 15) is 13.9 Å². The van der Waals surface area contributed by atoms with Crippen molar-refractivity contribution in [2.24, 2.45) is 4.99 Å². The third-order valence-corrected chi connectivity index (χ3v) is 5.44. The summed E-state index contributed by atoms with van der Waals surface area (Å²) >= 11 is 6.02. The summed E-state index contributed by atoms with van der Waals surface area (Å²) in [5, 5.41) is 16.3. The van der Waals surface area contributed by atoms with Gasteiger partial charge in [0.25, 0.3) is 0 Å². The van der Waals surface area contributed by atoms with E-state index in [1.807, 2.05) is 6.07 Å². The molecule has 0 radical (unpaired) electrons. The van der Waals surface area contributed by atoms with E-state index < -0.39 is 23.3 Å². The average Bonchev–Trinajstić information content (AvgIpc) is 3.19. The number of fused-ring (bicyclic) bond motifs is 1. The highest BCUT2D eigenvalue weighted by Gasteiger charge is 2.42. The number of nitrogens with zero attached hydrogens (tertiary/aromatic N) is 5. The number of aliphatic hydroxyl groups is 1. The van der Waals surface area contributed by atoms with Crippen molar-refractivity contribution in [1.29, 1.82) is 0 Å². The molecule has 0 amide bonds. The largest absolute Gasteiger partial charge is 0.381 e. The number of aromatic nitrogens is 3. The van der Waals surface area contributed by atoms with Crippen molar-refractivity contribution in [3.05, 3.63) is 76.8 Å². The van der Waals surface area contributed by atoms with Gasteiger partial charge in [-0.25, -0.2) is 23.4 Å². The summed E-state index contributed by atoms with van der Waals surface area (Å²) in [6.45, 7) is 2.13. The normalized spacial score (nSPS) is 16.4. The molecule has 6 nitrogen and oxygen atoms in total. The van der Waals surface area contributed by atoms with Crippen LogP contribution in [0.15, 0.2) is 54.0 Å². The molecule has 3 aromatic rings. The van der Waals surface area contributed by atoms with Crippen molar-refractivity contribution in [3.8, 4) is 0 Å². The first-order chi connectivity index (χ1) is 13.9. The van der Waals surface area contributed by atoms with Crippen LogP contribution in [0.5, 0.6) is 0 Å². The van der Waals surface area contributed by atoms with Crippen LogP contribution in [-0.4, -0.2) is 37.2 Å². The first-order valence-corrected chi connectivity index (χ1v) is 9.33. The molecule has 0 spiro atoms. The molecule has 0 saturated heterocycles. The molecule has 1 aliphatic rings. The van der Waals surface area contributed by atoms with Crippen molar-refractivity contribution >= 4 is 23.6 Å². The Morgan fingerprint density at radius 3 is 2.79 bits per heavy atom. The first kappa shape index (κ1) is 19.5. The summed E-state index contributed by atoms with van der Waals surface area (Å²) in [7, 11) is 0. The lowest BCUT2D eigenvalue weighted by Crippen LogP contribution is -2.51. The molecular formula is C20H18ClF2N5O. The summed E-state index contributed by atoms with van der Waals surface area (Å²) < 4.78 is 29.6. The van der Waals surface area contributed by atoms with Crippen molar-refractivity contribution in [2.45, 2.75) is 31.7 Å². The van der Waals surface area contributed by atoms with Gasteiger partial charge >= 0.3 is 0 Å². The first-order valence-electron chi connectivity index (χ1n) is 8.95. The van der Waals surface area contributed by atoms with Gasteiger partial charge in [-0.05, 0) is 30.7 Å². The summed E-state index contributed by atoms with van der Waals surface area (Å²) in [4.78, 5) is 10.1. The number of hydrogen-bond donors (Lipinski definition) is 1. The zero-order chi connectivity index (χ0) is 20.6. The van der Waals surface area contributed by atoms with Gasteiger partial charge in [0.05, 0.1) is 24.6 Å². The van der Waals surface area contributed by atoms with E-state index >= 15 is 0 Å². The molecule has 1 aliphatic heterocycles. The number of halogens is 3. The predicted octanol–water partition coefficient (Wildman–Crippen LogP) is 3.66. The molecule has 9 heteroatoms. The Labute approximate surface area is 171 Å². The van der Waals surface area contributed by atoms with Crippen LogP contribution in [0.4, 0.5) is 14.5 Å². The van der Waals surface area contributed by atoms with Gasteiger partial charge in [-0.15, -0.1) is 0 Å². The summed E-state index contributed by atoms with van der Waals surface area (Å²) in [6.07, 6.45) is 4.35. The molecule has 29 heavy (non-hydrogen) atoms. The SMILES string of the molecule is C[C@@H](N1C=Nc2cc(Cl)ccc2C1)[C@](O)(Cn1cncn1)c1ccc(F)cc1F. The second-order valence-corrected chi connectivity index (χ2v) is 7.44. The maximum Gasteiger partial charge on any atom is 0.137 e. The number of aliphatic imine (C=N–C) groups is 1. The third-order valence-electron chi connectivity index (χ3n) is 5.20. The van der Waals surface area contributed by atoms with Crippen molar-refractivity contribution in [3.63, 3.8) is 0 Å². The molecular weight excluding hydrogens is 400 g/mol. The number of rotatable bonds is 5. The zero-order valence-electron chi connectivity index (χ0n) is 15.5. The molecule has 2 atom stereocenters. The molecule has 0 unspecified atom stereocenters. The third kappa shape index (κ3) is 3.73. The maximum atomic E-state index is 14.7. The quantitative estimate of drug-likeness (QED) is 0.688. The smallest absolute Gasteiger partial charge is 0.137 e. The number of benzene rings is 2. The molecule has 1 N–H and O–H groups in total. The van der Waals surface area contributed by atoms with Gasteiger partial charge in [0.1, 0.15) is 29.9 Å². The fraction of sp³-hybridized carbons (Fsp3) is 0.250. The highest BCUT2D eigenvalue weighted by Crippen LogP contribution is 2.35.